The third-order valence-corrected chi connectivity index (χ3v) is 3.83. The standard InChI is InChI=1S/C18H12F5N3O/c1-25-9-16(17(24-25)18(21,22)23)26(10-27)15-5-3-2-4-13(15)12-7-6-11(19)8-14(12)20/h2-10H,1H3. The predicted molar refractivity (Wildman–Crippen MR) is 88.2 cm³/mol. The van der Waals surface area contributed by atoms with E-state index < -0.39 is 29.2 Å². The van der Waals surface area contributed by atoms with Crippen LogP contribution in [0.3, 0.4) is 0 Å². The van der Waals surface area contributed by atoms with Crippen LogP contribution in [0.4, 0.5) is 33.3 Å². The minimum Gasteiger partial charge on any atom is -0.279 e. The van der Waals surface area contributed by atoms with Crippen molar-refractivity contribution in [1.82, 2.24) is 9.78 Å². The van der Waals surface area contributed by atoms with Gasteiger partial charge in [0.15, 0.2) is 5.69 Å². The maximum atomic E-state index is 14.2. The maximum Gasteiger partial charge on any atom is 0.437 e. The third-order valence-electron chi connectivity index (χ3n) is 3.83. The molecule has 0 fully saturated rings. The molecule has 0 unspecified atom stereocenters. The van der Waals surface area contributed by atoms with Crippen LogP contribution in [-0.4, -0.2) is 16.2 Å². The number of hydrogen-bond donors (Lipinski definition) is 0. The highest BCUT2D eigenvalue weighted by molar-refractivity contribution is 5.94. The van der Waals surface area contributed by atoms with Crippen LogP contribution in [0.25, 0.3) is 11.1 Å². The second kappa shape index (κ2) is 6.82. The van der Waals surface area contributed by atoms with Gasteiger partial charge in [0, 0.05) is 30.4 Å². The lowest BCUT2D eigenvalue weighted by Crippen LogP contribution is -2.19. The number of hydrogen-bond acceptors (Lipinski definition) is 2. The van der Waals surface area contributed by atoms with Gasteiger partial charge in [-0.15, -0.1) is 0 Å². The van der Waals surface area contributed by atoms with E-state index in [2.05, 4.69) is 5.10 Å². The average molecular weight is 381 g/mol. The van der Waals surface area contributed by atoms with Gasteiger partial charge in [-0.25, -0.2) is 8.78 Å². The zero-order chi connectivity index (χ0) is 19.8. The first-order valence-electron chi connectivity index (χ1n) is 7.62. The first-order chi connectivity index (χ1) is 12.7. The normalized spacial score (nSPS) is 11.5. The summed E-state index contributed by atoms with van der Waals surface area (Å²) in [6, 6.07) is 8.62. The van der Waals surface area contributed by atoms with E-state index in [0.717, 1.165) is 27.9 Å². The van der Waals surface area contributed by atoms with Crippen LogP contribution in [0.1, 0.15) is 5.69 Å². The summed E-state index contributed by atoms with van der Waals surface area (Å²) in [6.45, 7) is 0. The predicted octanol–water partition coefficient (Wildman–Crippen LogP) is 4.68. The van der Waals surface area contributed by atoms with Gasteiger partial charge in [-0.3, -0.25) is 14.4 Å². The number of carbonyl (C=O) groups excluding carboxylic acids is 1. The Balaban J connectivity index is 2.21. The molecule has 0 aliphatic rings. The molecule has 0 radical (unpaired) electrons. The molecule has 27 heavy (non-hydrogen) atoms. The average Bonchev–Trinajstić information content (AvgIpc) is 2.98. The van der Waals surface area contributed by atoms with E-state index in [9.17, 15) is 26.7 Å². The summed E-state index contributed by atoms with van der Waals surface area (Å²) in [7, 11) is 1.28. The monoisotopic (exact) mass is 381 g/mol. The number of aromatic nitrogens is 2. The largest absolute Gasteiger partial charge is 0.437 e. The second-order valence-electron chi connectivity index (χ2n) is 5.65. The number of amides is 1. The van der Waals surface area contributed by atoms with Gasteiger partial charge >= 0.3 is 6.18 Å². The molecule has 2 aromatic carbocycles. The number of para-hydroxylation sites is 1. The summed E-state index contributed by atoms with van der Waals surface area (Å²) in [4.78, 5) is 12.4. The maximum absolute atomic E-state index is 14.2. The molecule has 0 aliphatic heterocycles. The molecule has 3 rings (SSSR count). The van der Waals surface area contributed by atoms with Crippen molar-refractivity contribution in [2.75, 3.05) is 4.90 Å². The van der Waals surface area contributed by atoms with Gasteiger partial charge < -0.3 is 0 Å². The number of nitrogens with zero attached hydrogens (tertiary/aromatic N) is 3. The zero-order valence-electron chi connectivity index (χ0n) is 13.8. The Bertz CT molecular complexity index is 997. The minimum absolute atomic E-state index is 0.00323. The number of benzene rings is 2. The lowest BCUT2D eigenvalue weighted by molar-refractivity contribution is -0.140. The molecule has 0 saturated carbocycles. The lowest BCUT2D eigenvalue weighted by Gasteiger charge is -2.21. The van der Waals surface area contributed by atoms with E-state index in [-0.39, 0.29) is 23.2 Å². The highest BCUT2D eigenvalue weighted by Gasteiger charge is 2.39. The van der Waals surface area contributed by atoms with Crippen molar-refractivity contribution in [2.24, 2.45) is 7.05 Å². The van der Waals surface area contributed by atoms with E-state index in [1.807, 2.05) is 0 Å². The fourth-order valence-electron chi connectivity index (χ4n) is 2.72. The van der Waals surface area contributed by atoms with E-state index in [1.54, 1.807) is 0 Å². The SMILES string of the molecule is Cn1cc(N(C=O)c2ccccc2-c2ccc(F)cc2F)c(C(F)(F)F)n1. The van der Waals surface area contributed by atoms with Gasteiger partial charge in [-0.05, 0) is 18.2 Å². The summed E-state index contributed by atoms with van der Waals surface area (Å²) in [5.41, 5.74) is -1.70. The molecule has 1 amide bonds. The highest BCUT2D eigenvalue weighted by atomic mass is 19.4. The minimum atomic E-state index is -4.80. The van der Waals surface area contributed by atoms with Crippen LogP contribution < -0.4 is 4.90 Å². The highest BCUT2D eigenvalue weighted by Crippen LogP contribution is 2.41. The number of anilines is 2. The third kappa shape index (κ3) is 3.53. The van der Waals surface area contributed by atoms with Gasteiger partial charge in [0.05, 0.1) is 11.4 Å². The Kier molecular flexibility index (Phi) is 4.69. The number of aryl methyl sites for hydroxylation is 1. The summed E-state index contributed by atoms with van der Waals surface area (Å²) in [5.74, 6) is -1.71. The van der Waals surface area contributed by atoms with E-state index in [4.69, 9.17) is 0 Å². The van der Waals surface area contributed by atoms with Crippen LogP contribution in [0.5, 0.6) is 0 Å². The molecule has 0 bridgehead atoms. The molecule has 3 aromatic rings. The summed E-state index contributed by atoms with van der Waals surface area (Å²) >= 11 is 0. The summed E-state index contributed by atoms with van der Waals surface area (Å²) in [5, 5.41) is 3.38. The van der Waals surface area contributed by atoms with Gasteiger partial charge in [0.2, 0.25) is 6.41 Å². The van der Waals surface area contributed by atoms with Crippen molar-refractivity contribution in [2.45, 2.75) is 6.18 Å². The topological polar surface area (TPSA) is 38.1 Å². The van der Waals surface area contributed by atoms with Crippen LogP contribution in [0, 0.1) is 11.6 Å². The molecule has 9 heteroatoms. The van der Waals surface area contributed by atoms with Crippen molar-refractivity contribution < 1.29 is 26.7 Å². The molecule has 1 aromatic heterocycles. The number of halogens is 5. The Morgan fingerprint density at radius 3 is 2.37 bits per heavy atom. The van der Waals surface area contributed by atoms with Crippen molar-refractivity contribution in [3.63, 3.8) is 0 Å². The zero-order valence-corrected chi connectivity index (χ0v) is 13.8. The Hall–Kier alpha value is -3.23. The molecule has 4 nitrogen and oxygen atoms in total. The molecule has 0 spiro atoms. The van der Waals surface area contributed by atoms with Crippen LogP contribution in [-0.2, 0) is 18.0 Å². The Morgan fingerprint density at radius 1 is 1.04 bits per heavy atom. The Morgan fingerprint density at radius 2 is 1.74 bits per heavy atom. The fraction of sp³-hybridized carbons (Fsp3) is 0.111. The second-order valence-corrected chi connectivity index (χ2v) is 5.65. The van der Waals surface area contributed by atoms with Crippen LogP contribution in [0.2, 0.25) is 0 Å². The molecule has 0 aliphatic carbocycles. The van der Waals surface area contributed by atoms with Crippen LogP contribution >= 0.6 is 0 Å². The molecule has 140 valence electrons. The van der Waals surface area contributed by atoms with Crippen LogP contribution in [0.15, 0.2) is 48.7 Å². The summed E-state index contributed by atoms with van der Waals surface area (Å²) < 4.78 is 68.2. The van der Waals surface area contributed by atoms with E-state index >= 15 is 0 Å². The number of alkyl halides is 3. The smallest absolute Gasteiger partial charge is 0.279 e. The molecule has 0 atom stereocenters. The molecule has 0 N–H and O–H groups in total. The molecular formula is C18H12F5N3O. The number of carbonyl (C=O) groups is 1. The van der Waals surface area contributed by atoms with Gasteiger partial charge in [-0.2, -0.15) is 18.3 Å². The lowest BCUT2D eigenvalue weighted by atomic mass is 10.0. The number of rotatable bonds is 4. The fourth-order valence-corrected chi connectivity index (χ4v) is 2.72. The first kappa shape index (κ1) is 18.6. The van der Waals surface area contributed by atoms with Gasteiger partial charge in [0.1, 0.15) is 11.6 Å². The first-order valence-corrected chi connectivity index (χ1v) is 7.62. The van der Waals surface area contributed by atoms with E-state index in [1.165, 1.54) is 31.3 Å². The van der Waals surface area contributed by atoms with Gasteiger partial charge in [0.25, 0.3) is 0 Å². The quantitative estimate of drug-likeness (QED) is 0.486. The van der Waals surface area contributed by atoms with E-state index in [0.29, 0.717) is 6.07 Å². The van der Waals surface area contributed by atoms with Crippen molar-refractivity contribution in [3.05, 3.63) is 66.0 Å². The molecule has 1 heterocycles. The molecular weight excluding hydrogens is 369 g/mol. The Labute approximate surface area is 150 Å². The van der Waals surface area contributed by atoms with Crippen molar-refractivity contribution in [1.29, 1.82) is 0 Å². The molecule has 0 saturated heterocycles. The summed E-state index contributed by atoms with van der Waals surface area (Å²) in [6.07, 6.45) is -3.57. The van der Waals surface area contributed by atoms with Crippen molar-refractivity contribution >= 4 is 17.8 Å². The van der Waals surface area contributed by atoms with Gasteiger partial charge in [-0.1, -0.05) is 18.2 Å². The van der Waals surface area contributed by atoms with Crippen molar-refractivity contribution in [3.8, 4) is 11.1 Å².